The third kappa shape index (κ3) is 5.61. The highest BCUT2D eigenvalue weighted by Crippen LogP contribution is 2.39. The van der Waals surface area contributed by atoms with Crippen LogP contribution < -0.4 is 10.1 Å². The third-order valence-electron chi connectivity index (χ3n) is 6.10. The zero-order chi connectivity index (χ0) is 21.5. The molecule has 2 aliphatic heterocycles. The SMILES string of the molecule is O=C(CCOc1ccccc1)NCC1CCC2(CCN(C(=O)c3ccncc3)CC2)O1. The Morgan fingerprint density at radius 1 is 1.10 bits per heavy atom. The number of carbonyl (C=O) groups excluding carboxylic acids is 2. The standard InChI is InChI=1S/C24H29N3O4/c28-22(9-17-30-20-4-2-1-3-5-20)26-18-21-6-10-24(31-21)11-15-27(16-12-24)23(29)19-7-13-25-14-8-19/h1-5,7-8,13-14,21H,6,9-12,15-18H2,(H,26,28). The molecular weight excluding hydrogens is 394 g/mol. The minimum atomic E-state index is -0.166. The van der Waals surface area contributed by atoms with Crippen LogP contribution in [0.1, 0.15) is 42.5 Å². The number of ether oxygens (including phenoxy) is 2. The Kier molecular flexibility index (Phi) is 6.82. The number of aromatic nitrogens is 1. The molecule has 4 rings (SSSR count). The van der Waals surface area contributed by atoms with Crippen molar-refractivity contribution in [2.24, 2.45) is 0 Å². The first-order valence-electron chi connectivity index (χ1n) is 11.0. The van der Waals surface area contributed by atoms with Crippen LogP contribution in [-0.4, -0.2) is 59.6 Å². The summed E-state index contributed by atoms with van der Waals surface area (Å²) in [5.41, 5.74) is 0.510. The average molecular weight is 424 g/mol. The van der Waals surface area contributed by atoms with Crippen molar-refractivity contribution in [3.63, 3.8) is 0 Å². The van der Waals surface area contributed by atoms with Crippen molar-refractivity contribution in [1.29, 1.82) is 0 Å². The molecule has 2 fully saturated rings. The van der Waals surface area contributed by atoms with Gasteiger partial charge in [-0.05, 0) is 49.9 Å². The smallest absolute Gasteiger partial charge is 0.253 e. The van der Waals surface area contributed by atoms with Gasteiger partial charge in [-0.3, -0.25) is 14.6 Å². The molecular formula is C24H29N3O4. The Morgan fingerprint density at radius 2 is 1.84 bits per heavy atom. The zero-order valence-electron chi connectivity index (χ0n) is 17.7. The molecule has 3 heterocycles. The van der Waals surface area contributed by atoms with Gasteiger partial charge in [-0.1, -0.05) is 18.2 Å². The predicted molar refractivity (Wildman–Crippen MR) is 116 cm³/mol. The fourth-order valence-corrected chi connectivity index (χ4v) is 4.30. The van der Waals surface area contributed by atoms with E-state index in [2.05, 4.69) is 10.3 Å². The van der Waals surface area contributed by atoms with E-state index in [-0.39, 0.29) is 23.5 Å². The van der Waals surface area contributed by atoms with Crippen LogP contribution in [0.4, 0.5) is 0 Å². The number of amides is 2. The molecule has 164 valence electrons. The second-order valence-corrected chi connectivity index (χ2v) is 8.21. The van der Waals surface area contributed by atoms with Crippen molar-refractivity contribution >= 4 is 11.8 Å². The normalized spacial score (nSPS) is 19.9. The summed E-state index contributed by atoms with van der Waals surface area (Å²) in [6.45, 7) is 2.26. The van der Waals surface area contributed by atoms with E-state index in [0.717, 1.165) is 31.4 Å². The molecule has 7 heteroatoms. The number of likely N-dealkylation sites (tertiary alicyclic amines) is 1. The first-order chi connectivity index (χ1) is 15.1. The second-order valence-electron chi connectivity index (χ2n) is 8.21. The Hall–Kier alpha value is -2.93. The molecule has 0 saturated carbocycles. The predicted octanol–water partition coefficient (Wildman–Crippen LogP) is 2.82. The van der Waals surface area contributed by atoms with Gasteiger partial charge in [-0.15, -0.1) is 0 Å². The van der Waals surface area contributed by atoms with E-state index in [4.69, 9.17) is 9.47 Å². The van der Waals surface area contributed by atoms with Gasteiger partial charge in [0.1, 0.15) is 5.75 Å². The van der Waals surface area contributed by atoms with Crippen molar-refractivity contribution < 1.29 is 19.1 Å². The van der Waals surface area contributed by atoms with Gasteiger partial charge >= 0.3 is 0 Å². The van der Waals surface area contributed by atoms with Crippen LogP contribution in [-0.2, 0) is 9.53 Å². The molecule has 2 aromatic rings. The third-order valence-corrected chi connectivity index (χ3v) is 6.10. The number of para-hydroxylation sites is 1. The van der Waals surface area contributed by atoms with Crippen molar-refractivity contribution in [3.8, 4) is 5.75 Å². The Labute approximate surface area is 182 Å². The Morgan fingerprint density at radius 3 is 2.58 bits per heavy atom. The van der Waals surface area contributed by atoms with Gasteiger partial charge in [0.25, 0.3) is 5.91 Å². The first-order valence-corrected chi connectivity index (χ1v) is 11.0. The maximum Gasteiger partial charge on any atom is 0.253 e. The van der Waals surface area contributed by atoms with E-state index >= 15 is 0 Å². The van der Waals surface area contributed by atoms with Gasteiger partial charge < -0.3 is 19.7 Å². The number of hydrogen-bond acceptors (Lipinski definition) is 5. The monoisotopic (exact) mass is 423 g/mol. The zero-order valence-corrected chi connectivity index (χ0v) is 17.7. The van der Waals surface area contributed by atoms with Crippen LogP contribution >= 0.6 is 0 Å². The summed E-state index contributed by atoms with van der Waals surface area (Å²) in [6, 6.07) is 13.0. The highest BCUT2D eigenvalue weighted by molar-refractivity contribution is 5.94. The van der Waals surface area contributed by atoms with Gasteiger partial charge in [0.05, 0.1) is 24.7 Å². The van der Waals surface area contributed by atoms with E-state index < -0.39 is 0 Å². The van der Waals surface area contributed by atoms with Crippen LogP contribution in [0.5, 0.6) is 5.75 Å². The van der Waals surface area contributed by atoms with Crippen LogP contribution in [0.15, 0.2) is 54.9 Å². The Bertz CT molecular complexity index is 867. The number of rotatable bonds is 7. The molecule has 1 unspecified atom stereocenters. The quantitative estimate of drug-likeness (QED) is 0.741. The number of carbonyl (C=O) groups is 2. The van der Waals surface area contributed by atoms with Crippen LogP contribution in [0.25, 0.3) is 0 Å². The highest BCUT2D eigenvalue weighted by Gasteiger charge is 2.43. The second kappa shape index (κ2) is 9.92. The molecule has 0 aliphatic carbocycles. The summed E-state index contributed by atoms with van der Waals surface area (Å²) < 4.78 is 11.9. The fraction of sp³-hybridized carbons (Fsp3) is 0.458. The molecule has 0 bridgehead atoms. The van der Waals surface area contributed by atoms with Gasteiger partial charge in [-0.25, -0.2) is 0 Å². The minimum absolute atomic E-state index is 0.0291. The first kappa shape index (κ1) is 21.3. The molecule has 1 spiro atoms. The lowest BCUT2D eigenvalue weighted by molar-refractivity contribution is -0.123. The summed E-state index contributed by atoms with van der Waals surface area (Å²) in [7, 11) is 0. The van der Waals surface area contributed by atoms with Crippen LogP contribution in [0.3, 0.4) is 0 Å². The largest absolute Gasteiger partial charge is 0.493 e. The van der Waals surface area contributed by atoms with Crippen LogP contribution in [0, 0.1) is 0 Å². The van der Waals surface area contributed by atoms with Gasteiger partial charge in [-0.2, -0.15) is 0 Å². The van der Waals surface area contributed by atoms with E-state index in [1.165, 1.54) is 0 Å². The fourth-order valence-electron chi connectivity index (χ4n) is 4.30. The topological polar surface area (TPSA) is 80.8 Å². The number of pyridine rings is 1. The molecule has 31 heavy (non-hydrogen) atoms. The van der Waals surface area contributed by atoms with E-state index in [1.54, 1.807) is 24.5 Å². The van der Waals surface area contributed by atoms with Crippen molar-refractivity contribution in [2.45, 2.75) is 43.8 Å². The van der Waals surface area contributed by atoms with Gasteiger partial charge in [0.2, 0.25) is 5.91 Å². The highest BCUT2D eigenvalue weighted by atomic mass is 16.5. The molecule has 1 N–H and O–H groups in total. The summed E-state index contributed by atoms with van der Waals surface area (Å²) >= 11 is 0. The maximum absolute atomic E-state index is 12.6. The number of benzene rings is 1. The molecule has 2 aliphatic rings. The number of nitrogens with one attached hydrogen (secondary N) is 1. The molecule has 2 amide bonds. The van der Waals surface area contributed by atoms with E-state index in [0.29, 0.717) is 38.2 Å². The molecule has 1 atom stereocenters. The lowest BCUT2D eigenvalue weighted by Gasteiger charge is -2.39. The van der Waals surface area contributed by atoms with E-state index in [1.807, 2.05) is 35.2 Å². The lowest BCUT2D eigenvalue weighted by Crippen LogP contribution is -2.47. The summed E-state index contributed by atoms with van der Waals surface area (Å²) in [5, 5.41) is 2.97. The number of piperidine rings is 1. The van der Waals surface area contributed by atoms with Crippen molar-refractivity contribution in [1.82, 2.24) is 15.2 Å². The molecule has 7 nitrogen and oxygen atoms in total. The van der Waals surface area contributed by atoms with Crippen LogP contribution in [0.2, 0.25) is 0 Å². The molecule has 2 saturated heterocycles. The van der Waals surface area contributed by atoms with Crippen molar-refractivity contribution in [2.75, 3.05) is 26.2 Å². The molecule has 0 radical (unpaired) electrons. The molecule has 1 aromatic carbocycles. The molecule has 1 aromatic heterocycles. The van der Waals surface area contributed by atoms with Gasteiger partial charge in [0, 0.05) is 37.6 Å². The lowest BCUT2D eigenvalue weighted by atomic mass is 9.88. The summed E-state index contributed by atoms with van der Waals surface area (Å²) in [5.74, 6) is 0.792. The number of nitrogens with zero attached hydrogens (tertiary/aromatic N) is 2. The van der Waals surface area contributed by atoms with Crippen molar-refractivity contribution in [3.05, 3.63) is 60.4 Å². The van der Waals surface area contributed by atoms with E-state index in [9.17, 15) is 9.59 Å². The minimum Gasteiger partial charge on any atom is -0.493 e. The number of hydrogen-bond donors (Lipinski definition) is 1. The maximum atomic E-state index is 12.6. The summed E-state index contributed by atoms with van der Waals surface area (Å²) in [4.78, 5) is 30.6. The van der Waals surface area contributed by atoms with Gasteiger partial charge in [0.15, 0.2) is 0 Å². The summed E-state index contributed by atoms with van der Waals surface area (Å²) in [6.07, 6.45) is 7.20. The Balaban J connectivity index is 1.16. The average Bonchev–Trinajstić information content (AvgIpc) is 3.21.